The van der Waals surface area contributed by atoms with Crippen molar-refractivity contribution < 1.29 is 17.2 Å². The van der Waals surface area contributed by atoms with Crippen LogP contribution in [0.4, 0.5) is 14.6 Å². The molecule has 1 aromatic heterocycles. The summed E-state index contributed by atoms with van der Waals surface area (Å²) in [5.41, 5.74) is 0.418. The summed E-state index contributed by atoms with van der Waals surface area (Å²) in [5, 5.41) is -0.443. The quantitative estimate of drug-likeness (QED) is 0.876. The van der Waals surface area contributed by atoms with Crippen LogP contribution >= 0.6 is 11.6 Å². The van der Waals surface area contributed by atoms with E-state index in [2.05, 4.69) is 9.71 Å². The fourth-order valence-corrected chi connectivity index (χ4v) is 3.06. The third kappa shape index (κ3) is 3.30. The molecule has 1 heterocycles. The number of aromatic nitrogens is 1. The van der Waals surface area contributed by atoms with E-state index < -0.39 is 26.8 Å². The average Bonchev–Trinajstić information content (AvgIpc) is 2.39. The Morgan fingerprint density at radius 3 is 2.24 bits per heavy atom. The SMILES string of the molecule is Cc1cc(S(=O)(=O)Nc2ccc(F)c(Cl)n2)cc(C)c1F. The molecule has 1 N–H and O–H groups in total. The number of halogens is 3. The number of nitrogens with zero attached hydrogens (tertiary/aromatic N) is 1. The summed E-state index contributed by atoms with van der Waals surface area (Å²) < 4.78 is 53.1. The van der Waals surface area contributed by atoms with Gasteiger partial charge in [-0.25, -0.2) is 22.2 Å². The van der Waals surface area contributed by atoms with Gasteiger partial charge in [0.1, 0.15) is 11.6 Å². The summed E-state index contributed by atoms with van der Waals surface area (Å²) in [6.07, 6.45) is 0. The predicted molar refractivity (Wildman–Crippen MR) is 75.9 cm³/mol. The second-order valence-corrected chi connectivity index (χ2v) is 6.49. The molecule has 8 heteroatoms. The second-order valence-electron chi connectivity index (χ2n) is 4.45. The number of benzene rings is 1. The Morgan fingerprint density at radius 2 is 1.71 bits per heavy atom. The van der Waals surface area contributed by atoms with Crippen molar-refractivity contribution in [2.45, 2.75) is 18.7 Å². The summed E-state index contributed by atoms with van der Waals surface area (Å²) in [5.74, 6) is -1.34. The number of sulfonamides is 1. The molecule has 2 rings (SSSR count). The molecule has 0 unspecified atom stereocenters. The molecule has 0 amide bonds. The number of hydrogen-bond acceptors (Lipinski definition) is 3. The van der Waals surface area contributed by atoms with Gasteiger partial charge < -0.3 is 0 Å². The summed E-state index contributed by atoms with van der Waals surface area (Å²) in [6.45, 7) is 2.93. The topological polar surface area (TPSA) is 59.1 Å². The van der Waals surface area contributed by atoms with E-state index in [1.54, 1.807) is 0 Å². The van der Waals surface area contributed by atoms with Crippen molar-refractivity contribution in [1.82, 2.24) is 4.98 Å². The smallest absolute Gasteiger partial charge is 0.263 e. The monoisotopic (exact) mass is 332 g/mol. The maximum Gasteiger partial charge on any atom is 0.263 e. The highest BCUT2D eigenvalue weighted by Crippen LogP contribution is 2.22. The summed E-state index contributed by atoms with van der Waals surface area (Å²) >= 11 is 5.49. The van der Waals surface area contributed by atoms with Crippen LogP contribution in [0.2, 0.25) is 5.15 Å². The van der Waals surface area contributed by atoms with E-state index in [0.29, 0.717) is 0 Å². The molecule has 0 spiro atoms. The van der Waals surface area contributed by atoms with Crippen LogP contribution < -0.4 is 4.72 Å². The molecule has 0 radical (unpaired) electrons. The van der Waals surface area contributed by atoms with E-state index in [4.69, 9.17) is 11.6 Å². The van der Waals surface area contributed by atoms with Gasteiger partial charge in [0.2, 0.25) is 0 Å². The van der Waals surface area contributed by atoms with E-state index in [1.807, 2.05) is 0 Å². The Hall–Kier alpha value is -1.73. The standard InChI is InChI=1S/C13H11ClF2N2O2S/c1-7-5-9(6-8(2)12(7)16)21(19,20)18-11-4-3-10(15)13(14)17-11/h3-6H,1-2H3,(H,17,18). The summed E-state index contributed by atoms with van der Waals surface area (Å²) in [4.78, 5) is 3.46. The molecular weight excluding hydrogens is 322 g/mol. The lowest BCUT2D eigenvalue weighted by Crippen LogP contribution is -2.15. The van der Waals surface area contributed by atoms with E-state index in [1.165, 1.54) is 26.0 Å². The average molecular weight is 333 g/mol. The van der Waals surface area contributed by atoms with Gasteiger partial charge in [-0.3, -0.25) is 4.72 Å². The second kappa shape index (κ2) is 5.57. The lowest BCUT2D eigenvalue weighted by atomic mass is 10.1. The fraction of sp³-hybridized carbons (Fsp3) is 0.154. The lowest BCUT2D eigenvalue weighted by Gasteiger charge is -2.10. The summed E-state index contributed by atoms with van der Waals surface area (Å²) in [6, 6.07) is 4.54. The Kier molecular flexibility index (Phi) is 4.15. The van der Waals surface area contributed by atoms with Crippen LogP contribution in [-0.2, 0) is 10.0 Å². The first kappa shape index (κ1) is 15.7. The van der Waals surface area contributed by atoms with Crippen LogP contribution in [0, 0.1) is 25.5 Å². The molecule has 0 aliphatic heterocycles. The first-order valence-electron chi connectivity index (χ1n) is 5.82. The van der Waals surface area contributed by atoms with Crippen LogP contribution in [0.3, 0.4) is 0 Å². The maximum absolute atomic E-state index is 13.5. The minimum atomic E-state index is -3.96. The zero-order chi connectivity index (χ0) is 15.8. The molecule has 0 atom stereocenters. The molecule has 1 aromatic carbocycles. The number of rotatable bonds is 3. The van der Waals surface area contributed by atoms with E-state index in [-0.39, 0.29) is 21.8 Å². The van der Waals surface area contributed by atoms with Crippen LogP contribution in [0.25, 0.3) is 0 Å². The van der Waals surface area contributed by atoms with Crippen molar-refractivity contribution in [3.63, 3.8) is 0 Å². The molecule has 21 heavy (non-hydrogen) atoms. The van der Waals surface area contributed by atoms with Crippen molar-refractivity contribution in [2.24, 2.45) is 0 Å². The highest BCUT2D eigenvalue weighted by Gasteiger charge is 2.18. The van der Waals surface area contributed by atoms with Crippen LogP contribution in [0.1, 0.15) is 11.1 Å². The van der Waals surface area contributed by atoms with Gasteiger partial charge in [-0.2, -0.15) is 0 Å². The maximum atomic E-state index is 13.5. The van der Waals surface area contributed by atoms with Crippen molar-refractivity contribution in [1.29, 1.82) is 0 Å². The molecule has 0 fully saturated rings. The molecule has 2 aromatic rings. The van der Waals surface area contributed by atoms with Gasteiger partial charge in [0.25, 0.3) is 10.0 Å². The van der Waals surface area contributed by atoms with Crippen LogP contribution in [-0.4, -0.2) is 13.4 Å². The van der Waals surface area contributed by atoms with E-state index in [0.717, 1.165) is 12.1 Å². The molecular formula is C13H11ClF2N2O2S. The Labute approximate surface area is 125 Å². The minimum absolute atomic E-state index is 0.110. The Morgan fingerprint density at radius 1 is 1.14 bits per heavy atom. The number of aryl methyl sites for hydroxylation is 2. The van der Waals surface area contributed by atoms with E-state index >= 15 is 0 Å². The molecule has 0 saturated heterocycles. The van der Waals surface area contributed by atoms with E-state index in [9.17, 15) is 17.2 Å². The lowest BCUT2D eigenvalue weighted by molar-refractivity contribution is 0.595. The first-order chi connectivity index (χ1) is 9.70. The van der Waals surface area contributed by atoms with Gasteiger partial charge in [0.05, 0.1) is 4.90 Å². The number of nitrogens with one attached hydrogen (secondary N) is 1. The van der Waals surface area contributed by atoms with Crippen molar-refractivity contribution in [3.05, 3.63) is 52.2 Å². The van der Waals surface area contributed by atoms with Crippen LogP contribution in [0.15, 0.2) is 29.2 Å². The largest absolute Gasteiger partial charge is 0.263 e. The third-order valence-electron chi connectivity index (χ3n) is 2.76. The predicted octanol–water partition coefficient (Wildman–Crippen LogP) is 3.43. The number of hydrogen-bond donors (Lipinski definition) is 1. The normalized spacial score (nSPS) is 11.5. The highest BCUT2D eigenvalue weighted by molar-refractivity contribution is 7.92. The zero-order valence-corrected chi connectivity index (χ0v) is 12.7. The molecule has 0 aliphatic rings. The Balaban J connectivity index is 2.40. The molecule has 0 bridgehead atoms. The zero-order valence-electron chi connectivity index (χ0n) is 11.1. The van der Waals surface area contributed by atoms with Gasteiger partial charge in [-0.15, -0.1) is 0 Å². The molecule has 4 nitrogen and oxygen atoms in total. The van der Waals surface area contributed by atoms with Gasteiger partial charge in [-0.1, -0.05) is 11.6 Å². The van der Waals surface area contributed by atoms with Crippen molar-refractivity contribution in [3.8, 4) is 0 Å². The highest BCUT2D eigenvalue weighted by atomic mass is 35.5. The molecule has 0 saturated carbocycles. The van der Waals surface area contributed by atoms with Gasteiger partial charge in [0.15, 0.2) is 11.0 Å². The summed E-state index contributed by atoms with van der Waals surface area (Å²) in [7, 11) is -3.96. The van der Waals surface area contributed by atoms with Gasteiger partial charge in [-0.05, 0) is 49.2 Å². The minimum Gasteiger partial charge on any atom is -0.263 e. The van der Waals surface area contributed by atoms with Crippen molar-refractivity contribution >= 4 is 27.4 Å². The fourth-order valence-electron chi connectivity index (χ4n) is 1.73. The number of anilines is 1. The molecule has 0 aliphatic carbocycles. The van der Waals surface area contributed by atoms with Gasteiger partial charge >= 0.3 is 0 Å². The molecule has 112 valence electrons. The van der Waals surface area contributed by atoms with Crippen LogP contribution in [0.5, 0.6) is 0 Å². The van der Waals surface area contributed by atoms with Gasteiger partial charge in [0, 0.05) is 0 Å². The Bertz CT molecular complexity index is 787. The number of pyridine rings is 1. The third-order valence-corrected chi connectivity index (χ3v) is 4.36. The first-order valence-corrected chi connectivity index (χ1v) is 7.68. The van der Waals surface area contributed by atoms with Crippen molar-refractivity contribution in [2.75, 3.05) is 4.72 Å².